The maximum Gasteiger partial charge on any atom is 0.0224 e. The van der Waals surface area contributed by atoms with Crippen LogP contribution in [0.15, 0.2) is 24.0 Å². The first kappa shape index (κ1) is 6.02. The molecule has 2 heterocycles. The largest absolute Gasteiger partial charge is 0.352 e. The van der Waals surface area contributed by atoms with E-state index >= 15 is 0 Å². The zero-order valence-electron chi connectivity index (χ0n) is 6.21. The summed E-state index contributed by atoms with van der Waals surface area (Å²) in [4.78, 5) is 2.38. The maximum absolute atomic E-state index is 2.38. The van der Waals surface area contributed by atoms with E-state index in [1.807, 2.05) is 0 Å². The fraction of sp³-hybridized carbons (Fsp3) is 0.556. The van der Waals surface area contributed by atoms with Crippen molar-refractivity contribution in [1.82, 2.24) is 4.90 Å². The highest BCUT2D eigenvalue weighted by atomic mass is 15.1. The Bertz CT molecular complexity index is 179. The van der Waals surface area contributed by atoms with Crippen LogP contribution in [0.5, 0.6) is 0 Å². The van der Waals surface area contributed by atoms with Gasteiger partial charge in [-0.2, -0.15) is 0 Å². The molecule has 0 aromatic heterocycles. The Morgan fingerprint density at radius 1 is 1.30 bits per heavy atom. The van der Waals surface area contributed by atoms with E-state index in [-0.39, 0.29) is 0 Å². The van der Waals surface area contributed by atoms with Gasteiger partial charge in [0.2, 0.25) is 0 Å². The molecule has 1 nitrogen and oxygen atoms in total. The fourth-order valence-electron chi connectivity index (χ4n) is 1.64. The summed E-state index contributed by atoms with van der Waals surface area (Å²) in [5.74, 6) is 0. The highest BCUT2D eigenvalue weighted by Gasteiger charge is 2.12. The van der Waals surface area contributed by atoms with Crippen LogP contribution in [0.25, 0.3) is 0 Å². The third-order valence-corrected chi connectivity index (χ3v) is 2.20. The molecule has 0 N–H and O–H groups in total. The van der Waals surface area contributed by atoms with E-state index in [0.717, 1.165) is 0 Å². The molecule has 0 aromatic rings. The van der Waals surface area contributed by atoms with E-state index < -0.39 is 0 Å². The smallest absolute Gasteiger partial charge is 0.0224 e. The standard InChI is InChI=1S/C9H13N/c1-3-7-10-8-4-2-6-9(10)5-1/h3,6-7H,1-2,4-5,8H2. The van der Waals surface area contributed by atoms with E-state index in [2.05, 4.69) is 23.3 Å². The molecule has 1 heteroatoms. The zero-order valence-corrected chi connectivity index (χ0v) is 6.21. The predicted octanol–water partition coefficient (Wildman–Crippen LogP) is 2.27. The van der Waals surface area contributed by atoms with Gasteiger partial charge in [-0.3, -0.25) is 0 Å². The number of hydrogen-bond acceptors (Lipinski definition) is 1. The summed E-state index contributed by atoms with van der Waals surface area (Å²) < 4.78 is 0. The minimum Gasteiger partial charge on any atom is -0.352 e. The quantitative estimate of drug-likeness (QED) is 0.492. The summed E-state index contributed by atoms with van der Waals surface area (Å²) in [6.45, 7) is 1.24. The molecule has 0 aromatic carbocycles. The molecule has 0 atom stereocenters. The Hall–Kier alpha value is -0.720. The molecule has 0 fully saturated rings. The topological polar surface area (TPSA) is 3.24 Å². The Labute approximate surface area is 62.0 Å². The van der Waals surface area contributed by atoms with Crippen LogP contribution >= 0.6 is 0 Å². The first-order chi connectivity index (χ1) is 4.97. The Morgan fingerprint density at radius 2 is 2.30 bits per heavy atom. The monoisotopic (exact) mass is 135 g/mol. The van der Waals surface area contributed by atoms with Crippen LogP contribution in [-0.2, 0) is 0 Å². The molecule has 2 aliphatic rings. The van der Waals surface area contributed by atoms with Gasteiger partial charge in [0.15, 0.2) is 0 Å². The number of rotatable bonds is 0. The van der Waals surface area contributed by atoms with Crippen LogP contribution in [0.1, 0.15) is 25.7 Å². The summed E-state index contributed by atoms with van der Waals surface area (Å²) >= 11 is 0. The minimum atomic E-state index is 1.24. The van der Waals surface area contributed by atoms with Crippen LogP contribution in [0, 0.1) is 0 Å². The normalized spacial score (nSPS) is 24.0. The molecular weight excluding hydrogens is 122 g/mol. The van der Waals surface area contributed by atoms with Crippen LogP contribution in [0.2, 0.25) is 0 Å². The van der Waals surface area contributed by atoms with E-state index in [1.165, 1.54) is 32.2 Å². The first-order valence-electron chi connectivity index (χ1n) is 4.09. The summed E-state index contributed by atoms with van der Waals surface area (Å²) in [5.41, 5.74) is 1.55. The summed E-state index contributed by atoms with van der Waals surface area (Å²) in [5, 5.41) is 0. The second-order valence-corrected chi connectivity index (χ2v) is 2.95. The van der Waals surface area contributed by atoms with Gasteiger partial charge in [0.25, 0.3) is 0 Å². The Balaban J connectivity index is 2.20. The summed E-state index contributed by atoms with van der Waals surface area (Å²) in [7, 11) is 0. The summed E-state index contributed by atoms with van der Waals surface area (Å²) in [6.07, 6.45) is 12.0. The summed E-state index contributed by atoms with van der Waals surface area (Å²) in [6, 6.07) is 0. The van der Waals surface area contributed by atoms with Crippen LogP contribution in [-0.4, -0.2) is 11.4 Å². The van der Waals surface area contributed by atoms with Gasteiger partial charge in [-0.15, -0.1) is 0 Å². The van der Waals surface area contributed by atoms with Crippen molar-refractivity contribution in [3.8, 4) is 0 Å². The van der Waals surface area contributed by atoms with E-state index in [1.54, 1.807) is 5.70 Å². The molecule has 2 aliphatic heterocycles. The minimum absolute atomic E-state index is 1.24. The third-order valence-electron chi connectivity index (χ3n) is 2.20. The molecular formula is C9H13N. The van der Waals surface area contributed by atoms with Gasteiger partial charge in [0, 0.05) is 12.2 Å². The molecule has 54 valence electrons. The Kier molecular flexibility index (Phi) is 1.50. The predicted molar refractivity (Wildman–Crippen MR) is 42.4 cm³/mol. The van der Waals surface area contributed by atoms with Gasteiger partial charge >= 0.3 is 0 Å². The lowest BCUT2D eigenvalue weighted by Crippen LogP contribution is -2.23. The van der Waals surface area contributed by atoms with Crippen molar-refractivity contribution in [2.75, 3.05) is 6.54 Å². The molecule has 0 saturated carbocycles. The van der Waals surface area contributed by atoms with Gasteiger partial charge in [0.1, 0.15) is 0 Å². The van der Waals surface area contributed by atoms with Crippen molar-refractivity contribution >= 4 is 0 Å². The molecule has 2 rings (SSSR count). The lowest BCUT2D eigenvalue weighted by molar-refractivity contribution is 0.399. The molecule has 0 amide bonds. The second kappa shape index (κ2) is 2.49. The van der Waals surface area contributed by atoms with Crippen molar-refractivity contribution in [1.29, 1.82) is 0 Å². The molecule has 0 radical (unpaired) electrons. The van der Waals surface area contributed by atoms with Gasteiger partial charge in [-0.1, -0.05) is 12.2 Å². The third kappa shape index (κ3) is 0.962. The van der Waals surface area contributed by atoms with Gasteiger partial charge in [-0.05, 0) is 31.9 Å². The lowest BCUT2D eigenvalue weighted by atomic mass is 10.1. The van der Waals surface area contributed by atoms with E-state index in [4.69, 9.17) is 0 Å². The second-order valence-electron chi connectivity index (χ2n) is 2.95. The van der Waals surface area contributed by atoms with E-state index in [9.17, 15) is 0 Å². The van der Waals surface area contributed by atoms with Crippen molar-refractivity contribution < 1.29 is 0 Å². The fourth-order valence-corrected chi connectivity index (χ4v) is 1.64. The molecule has 0 aliphatic carbocycles. The number of nitrogens with zero attached hydrogens (tertiary/aromatic N) is 1. The van der Waals surface area contributed by atoms with Gasteiger partial charge in [-0.25, -0.2) is 0 Å². The van der Waals surface area contributed by atoms with Crippen molar-refractivity contribution in [2.24, 2.45) is 0 Å². The van der Waals surface area contributed by atoms with Crippen LogP contribution in [0.4, 0.5) is 0 Å². The van der Waals surface area contributed by atoms with E-state index in [0.29, 0.717) is 0 Å². The van der Waals surface area contributed by atoms with Crippen molar-refractivity contribution in [3.05, 3.63) is 24.0 Å². The van der Waals surface area contributed by atoms with Crippen molar-refractivity contribution in [2.45, 2.75) is 25.7 Å². The molecule has 10 heavy (non-hydrogen) atoms. The SMILES string of the molecule is C1=CN2CCCC=C2CC1. The first-order valence-corrected chi connectivity index (χ1v) is 4.09. The molecule has 0 saturated heterocycles. The number of fused-ring (bicyclic) bond motifs is 1. The average Bonchev–Trinajstić information content (AvgIpc) is 2.05. The Morgan fingerprint density at radius 3 is 3.20 bits per heavy atom. The number of hydrogen-bond donors (Lipinski definition) is 0. The highest BCUT2D eigenvalue weighted by molar-refractivity contribution is 5.13. The highest BCUT2D eigenvalue weighted by Crippen LogP contribution is 2.23. The van der Waals surface area contributed by atoms with Gasteiger partial charge < -0.3 is 4.90 Å². The lowest BCUT2D eigenvalue weighted by Gasteiger charge is -2.29. The van der Waals surface area contributed by atoms with Crippen LogP contribution in [0.3, 0.4) is 0 Å². The maximum atomic E-state index is 2.38. The van der Waals surface area contributed by atoms with Crippen molar-refractivity contribution in [3.63, 3.8) is 0 Å². The van der Waals surface area contributed by atoms with Gasteiger partial charge in [0.05, 0.1) is 0 Å². The average molecular weight is 135 g/mol. The molecule has 0 bridgehead atoms. The molecule has 0 unspecified atom stereocenters. The number of allylic oxidation sites excluding steroid dienone is 3. The van der Waals surface area contributed by atoms with Crippen LogP contribution < -0.4 is 0 Å². The molecule has 0 spiro atoms. The zero-order chi connectivity index (χ0) is 6.81.